The summed E-state index contributed by atoms with van der Waals surface area (Å²) in [7, 11) is 2.05. The summed E-state index contributed by atoms with van der Waals surface area (Å²) >= 11 is 0. The first-order valence-corrected chi connectivity index (χ1v) is 6.71. The van der Waals surface area contributed by atoms with E-state index in [4.69, 9.17) is 0 Å². The zero-order valence-corrected chi connectivity index (χ0v) is 11.1. The van der Waals surface area contributed by atoms with E-state index < -0.39 is 0 Å². The lowest BCUT2D eigenvalue weighted by Crippen LogP contribution is -2.31. The molecule has 0 aliphatic heterocycles. The molecule has 0 bridgehead atoms. The summed E-state index contributed by atoms with van der Waals surface area (Å²) in [6.45, 7) is 5.48. The zero-order valence-electron chi connectivity index (χ0n) is 11.1. The Balaban J connectivity index is 1.74. The molecule has 2 heteroatoms. The van der Waals surface area contributed by atoms with Crippen molar-refractivity contribution in [3.05, 3.63) is 35.4 Å². The number of hydrogen-bond donors (Lipinski definition) is 2. The summed E-state index contributed by atoms with van der Waals surface area (Å²) in [5.41, 5.74) is 3.36. The Labute approximate surface area is 105 Å². The fourth-order valence-corrected chi connectivity index (χ4v) is 2.33. The maximum absolute atomic E-state index is 3.59. The molecule has 2 rings (SSSR count). The third kappa shape index (κ3) is 3.55. The van der Waals surface area contributed by atoms with Gasteiger partial charge in [0.2, 0.25) is 0 Å². The van der Waals surface area contributed by atoms with Gasteiger partial charge in [-0.2, -0.15) is 0 Å². The highest BCUT2D eigenvalue weighted by Crippen LogP contribution is 2.44. The van der Waals surface area contributed by atoms with Gasteiger partial charge in [0.25, 0.3) is 0 Å². The molecule has 0 atom stereocenters. The topological polar surface area (TPSA) is 24.1 Å². The maximum atomic E-state index is 3.59. The molecule has 17 heavy (non-hydrogen) atoms. The Morgan fingerprint density at radius 1 is 1.06 bits per heavy atom. The van der Waals surface area contributed by atoms with Crippen LogP contribution in [0, 0.1) is 5.41 Å². The van der Waals surface area contributed by atoms with Crippen LogP contribution >= 0.6 is 0 Å². The summed E-state index contributed by atoms with van der Waals surface area (Å²) in [6, 6.07) is 8.95. The number of rotatable bonds is 7. The highest BCUT2D eigenvalue weighted by molar-refractivity contribution is 5.22. The molecule has 2 nitrogen and oxygen atoms in total. The van der Waals surface area contributed by atoms with Crippen LogP contribution in [-0.4, -0.2) is 20.1 Å². The minimum atomic E-state index is 0.554. The Morgan fingerprint density at radius 3 is 2.24 bits per heavy atom. The Hall–Kier alpha value is -0.860. The van der Waals surface area contributed by atoms with Crippen LogP contribution in [0.5, 0.6) is 0 Å². The molecule has 0 aromatic heterocycles. The molecule has 94 valence electrons. The van der Waals surface area contributed by atoms with Crippen LogP contribution in [0.15, 0.2) is 24.3 Å². The van der Waals surface area contributed by atoms with E-state index in [-0.39, 0.29) is 0 Å². The van der Waals surface area contributed by atoms with E-state index in [1.54, 1.807) is 0 Å². The maximum Gasteiger partial charge on any atom is 0.0205 e. The lowest BCUT2D eigenvalue weighted by molar-refractivity contribution is 0.438. The van der Waals surface area contributed by atoms with Gasteiger partial charge in [0.05, 0.1) is 0 Å². The van der Waals surface area contributed by atoms with E-state index >= 15 is 0 Å². The van der Waals surface area contributed by atoms with Crippen LogP contribution in [0.4, 0.5) is 0 Å². The van der Waals surface area contributed by atoms with Gasteiger partial charge >= 0.3 is 0 Å². The second-order valence-corrected chi connectivity index (χ2v) is 5.30. The molecule has 0 heterocycles. The standard InChI is InChI=1S/C15H24N2/c1-3-13-4-6-14(7-5-13)10-17-12-15(8-9-15)11-16-2/h4-7,16-17H,3,8-12H2,1-2H3. The molecule has 1 fully saturated rings. The van der Waals surface area contributed by atoms with E-state index in [1.165, 1.54) is 24.0 Å². The summed E-state index contributed by atoms with van der Waals surface area (Å²) < 4.78 is 0. The van der Waals surface area contributed by atoms with Gasteiger partial charge < -0.3 is 10.6 Å². The van der Waals surface area contributed by atoms with Crippen LogP contribution in [0.3, 0.4) is 0 Å². The fraction of sp³-hybridized carbons (Fsp3) is 0.600. The van der Waals surface area contributed by atoms with Crippen LogP contribution in [-0.2, 0) is 13.0 Å². The van der Waals surface area contributed by atoms with Crippen molar-refractivity contribution in [1.82, 2.24) is 10.6 Å². The molecule has 0 amide bonds. The predicted octanol–water partition coefficient (Wildman–Crippen LogP) is 2.34. The lowest BCUT2D eigenvalue weighted by Gasteiger charge is -2.15. The highest BCUT2D eigenvalue weighted by Gasteiger charge is 2.41. The van der Waals surface area contributed by atoms with Crippen molar-refractivity contribution in [3.63, 3.8) is 0 Å². The van der Waals surface area contributed by atoms with Gasteiger partial charge in [-0.1, -0.05) is 31.2 Å². The molecule has 1 saturated carbocycles. The summed E-state index contributed by atoms with van der Waals surface area (Å²) in [5, 5.41) is 6.88. The molecule has 0 spiro atoms. The van der Waals surface area contributed by atoms with Crippen molar-refractivity contribution in [3.8, 4) is 0 Å². The minimum Gasteiger partial charge on any atom is -0.319 e. The monoisotopic (exact) mass is 232 g/mol. The van der Waals surface area contributed by atoms with Gasteiger partial charge in [0, 0.05) is 19.6 Å². The predicted molar refractivity (Wildman–Crippen MR) is 73.1 cm³/mol. The van der Waals surface area contributed by atoms with Gasteiger partial charge in [-0.25, -0.2) is 0 Å². The summed E-state index contributed by atoms with van der Waals surface area (Å²) in [6.07, 6.45) is 3.87. The molecule has 0 radical (unpaired) electrons. The second-order valence-electron chi connectivity index (χ2n) is 5.30. The first-order valence-electron chi connectivity index (χ1n) is 6.71. The van der Waals surface area contributed by atoms with Crippen molar-refractivity contribution in [1.29, 1.82) is 0 Å². The fourth-order valence-electron chi connectivity index (χ4n) is 2.33. The van der Waals surface area contributed by atoms with E-state index in [9.17, 15) is 0 Å². The van der Waals surface area contributed by atoms with Crippen molar-refractivity contribution >= 4 is 0 Å². The largest absolute Gasteiger partial charge is 0.319 e. The van der Waals surface area contributed by atoms with E-state index in [0.717, 1.165) is 26.1 Å². The molecule has 0 unspecified atom stereocenters. The second kappa shape index (κ2) is 5.65. The van der Waals surface area contributed by atoms with E-state index in [1.807, 2.05) is 7.05 Å². The first kappa shape index (κ1) is 12.6. The highest BCUT2D eigenvalue weighted by atomic mass is 14.9. The van der Waals surface area contributed by atoms with Gasteiger partial charge in [-0.15, -0.1) is 0 Å². The van der Waals surface area contributed by atoms with E-state index in [0.29, 0.717) is 5.41 Å². The lowest BCUT2D eigenvalue weighted by atomic mass is 10.1. The van der Waals surface area contributed by atoms with Crippen molar-refractivity contribution in [2.45, 2.75) is 32.7 Å². The van der Waals surface area contributed by atoms with Crippen molar-refractivity contribution < 1.29 is 0 Å². The third-order valence-electron chi connectivity index (χ3n) is 3.77. The average molecular weight is 232 g/mol. The molecule has 1 aliphatic rings. The summed E-state index contributed by atoms with van der Waals surface area (Å²) in [4.78, 5) is 0. The number of hydrogen-bond acceptors (Lipinski definition) is 2. The zero-order chi connectivity index (χ0) is 12.1. The molecule has 1 aromatic rings. The molecular formula is C15H24N2. The Morgan fingerprint density at radius 2 is 1.71 bits per heavy atom. The molecule has 0 saturated heterocycles. The van der Waals surface area contributed by atoms with Crippen LogP contribution < -0.4 is 10.6 Å². The number of nitrogens with one attached hydrogen (secondary N) is 2. The Kier molecular flexibility index (Phi) is 4.19. The van der Waals surface area contributed by atoms with Gasteiger partial charge in [0.15, 0.2) is 0 Å². The first-order chi connectivity index (χ1) is 8.28. The quantitative estimate of drug-likeness (QED) is 0.754. The van der Waals surface area contributed by atoms with Crippen molar-refractivity contribution in [2.24, 2.45) is 5.41 Å². The molecule has 1 aliphatic carbocycles. The van der Waals surface area contributed by atoms with Crippen LogP contribution in [0.1, 0.15) is 30.9 Å². The minimum absolute atomic E-state index is 0.554. The van der Waals surface area contributed by atoms with Gasteiger partial charge in [0.1, 0.15) is 0 Å². The van der Waals surface area contributed by atoms with E-state index in [2.05, 4.69) is 41.8 Å². The average Bonchev–Trinajstić information content (AvgIpc) is 3.11. The smallest absolute Gasteiger partial charge is 0.0205 e. The van der Waals surface area contributed by atoms with Gasteiger partial charge in [-0.05, 0) is 42.9 Å². The van der Waals surface area contributed by atoms with Gasteiger partial charge in [-0.3, -0.25) is 0 Å². The molecule has 2 N–H and O–H groups in total. The van der Waals surface area contributed by atoms with Crippen LogP contribution in [0.25, 0.3) is 0 Å². The normalized spacial score (nSPS) is 17.1. The van der Waals surface area contributed by atoms with Crippen molar-refractivity contribution in [2.75, 3.05) is 20.1 Å². The Bertz CT molecular complexity index is 338. The summed E-state index contributed by atoms with van der Waals surface area (Å²) in [5.74, 6) is 0. The third-order valence-corrected chi connectivity index (χ3v) is 3.77. The molecule has 1 aromatic carbocycles. The number of aryl methyl sites for hydroxylation is 1. The number of benzene rings is 1. The molecular weight excluding hydrogens is 208 g/mol. The SMILES string of the molecule is CCc1ccc(CNCC2(CNC)CC2)cc1. The van der Waals surface area contributed by atoms with Crippen LogP contribution in [0.2, 0.25) is 0 Å².